The Balaban J connectivity index is 2.20. The highest BCUT2D eigenvalue weighted by molar-refractivity contribution is 4.65. The Hall–Kier alpha value is -0.0800. The highest BCUT2D eigenvalue weighted by Gasteiger charge is 2.21. The van der Waals surface area contributed by atoms with Crippen LogP contribution in [-0.4, -0.2) is 18.2 Å². The first-order chi connectivity index (χ1) is 2.30. The Bertz CT molecular complexity index is 38.2. The van der Waals surface area contributed by atoms with Gasteiger partial charge < -0.3 is 0 Å². The molecular formula is C3H8N2. The molecule has 1 aliphatic rings. The minimum Gasteiger partial charge on any atom is -0.236 e. The fourth-order valence-electron chi connectivity index (χ4n) is 0.261. The number of hydrogen-bond donors (Lipinski definition) is 1. The summed E-state index contributed by atoms with van der Waals surface area (Å²) in [6.45, 7) is 2.11. The molecule has 1 rings (SSSR count). The minimum absolute atomic E-state index is 0.634. The van der Waals surface area contributed by atoms with Gasteiger partial charge in [0.05, 0.1) is 6.17 Å². The van der Waals surface area contributed by atoms with Crippen molar-refractivity contribution in [1.82, 2.24) is 10.4 Å². The maximum atomic E-state index is 3.03. The van der Waals surface area contributed by atoms with E-state index in [2.05, 4.69) is 12.3 Å². The molecule has 2 heteroatoms. The van der Waals surface area contributed by atoms with Crippen molar-refractivity contribution in [1.29, 1.82) is 0 Å². The highest BCUT2D eigenvalue weighted by Crippen LogP contribution is 1.99. The van der Waals surface area contributed by atoms with Gasteiger partial charge in [-0.25, -0.2) is 10.4 Å². The topological polar surface area (TPSA) is 25.0 Å². The van der Waals surface area contributed by atoms with Crippen LogP contribution in [0, 0.1) is 0 Å². The van der Waals surface area contributed by atoms with E-state index in [9.17, 15) is 0 Å². The van der Waals surface area contributed by atoms with Gasteiger partial charge in [0.15, 0.2) is 0 Å². The molecule has 0 amide bonds. The van der Waals surface area contributed by atoms with Gasteiger partial charge in [-0.15, -0.1) is 0 Å². The van der Waals surface area contributed by atoms with Crippen molar-refractivity contribution in [3.05, 3.63) is 0 Å². The summed E-state index contributed by atoms with van der Waals surface area (Å²) < 4.78 is 0. The van der Waals surface area contributed by atoms with E-state index in [1.165, 1.54) is 0 Å². The summed E-state index contributed by atoms with van der Waals surface area (Å²) >= 11 is 0. The van der Waals surface area contributed by atoms with Gasteiger partial charge in [0.1, 0.15) is 0 Å². The molecule has 2 atom stereocenters. The van der Waals surface area contributed by atoms with Crippen LogP contribution in [0.4, 0.5) is 0 Å². The minimum atomic E-state index is 0.634. The fourth-order valence-corrected chi connectivity index (χ4v) is 0.261. The van der Waals surface area contributed by atoms with Crippen LogP contribution in [-0.2, 0) is 0 Å². The van der Waals surface area contributed by atoms with E-state index in [1.54, 1.807) is 0 Å². The molecule has 0 saturated carbocycles. The third kappa shape index (κ3) is 0.412. The predicted molar refractivity (Wildman–Crippen MR) is 20.4 cm³/mol. The maximum absolute atomic E-state index is 3.03. The molecule has 0 aliphatic carbocycles. The van der Waals surface area contributed by atoms with Crippen molar-refractivity contribution < 1.29 is 0 Å². The van der Waals surface area contributed by atoms with E-state index < -0.39 is 0 Å². The fraction of sp³-hybridized carbons (Fsp3) is 1.00. The zero-order valence-corrected chi connectivity index (χ0v) is 3.52. The number of nitrogens with zero attached hydrogens (tertiary/aromatic N) is 1. The second kappa shape index (κ2) is 0.698. The molecule has 5 heavy (non-hydrogen) atoms. The largest absolute Gasteiger partial charge is 0.236 e. The lowest BCUT2D eigenvalue weighted by atomic mass is 10.7. The van der Waals surface area contributed by atoms with Gasteiger partial charge in [-0.1, -0.05) is 0 Å². The van der Waals surface area contributed by atoms with Crippen molar-refractivity contribution >= 4 is 0 Å². The first kappa shape index (κ1) is 3.12. The predicted octanol–water partition coefficient (Wildman–Crippen LogP) is -0.218. The van der Waals surface area contributed by atoms with E-state index >= 15 is 0 Å². The normalized spacial score (nSPS) is 49.2. The Kier molecular flexibility index (Phi) is 0.436. The van der Waals surface area contributed by atoms with Crippen molar-refractivity contribution in [3.8, 4) is 0 Å². The van der Waals surface area contributed by atoms with Crippen molar-refractivity contribution in [2.45, 2.75) is 13.1 Å². The van der Waals surface area contributed by atoms with Gasteiger partial charge in [-0.2, -0.15) is 0 Å². The second-order valence-corrected chi connectivity index (χ2v) is 1.42. The van der Waals surface area contributed by atoms with E-state index in [4.69, 9.17) is 0 Å². The summed E-state index contributed by atoms with van der Waals surface area (Å²) in [5.74, 6) is 0. The molecule has 0 radical (unpaired) electrons. The lowest BCUT2D eigenvalue weighted by Gasteiger charge is -1.70. The second-order valence-electron chi connectivity index (χ2n) is 1.42. The van der Waals surface area contributed by atoms with Gasteiger partial charge in [0, 0.05) is 7.05 Å². The number of rotatable bonds is 0. The molecule has 1 N–H and O–H groups in total. The number of hydrazine groups is 1. The zero-order valence-electron chi connectivity index (χ0n) is 3.52. The van der Waals surface area contributed by atoms with Crippen LogP contribution >= 0.6 is 0 Å². The zero-order chi connectivity index (χ0) is 3.86. The summed E-state index contributed by atoms with van der Waals surface area (Å²) in [4.78, 5) is 0. The molecular weight excluding hydrogens is 64.0 g/mol. The molecule has 1 heterocycles. The van der Waals surface area contributed by atoms with Crippen molar-refractivity contribution in [2.75, 3.05) is 7.05 Å². The first-order valence-corrected chi connectivity index (χ1v) is 1.80. The lowest BCUT2D eigenvalue weighted by Crippen LogP contribution is -1.85. The molecule has 2 nitrogen and oxygen atoms in total. The van der Waals surface area contributed by atoms with Crippen LogP contribution in [0.15, 0.2) is 0 Å². The molecule has 0 spiro atoms. The molecule has 1 saturated heterocycles. The summed E-state index contributed by atoms with van der Waals surface area (Å²) in [6.07, 6.45) is 0.634. The smallest absolute Gasteiger partial charge is 0.0832 e. The summed E-state index contributed by atoms with van der Waals surface area (Å²) in [5, 5.41) is 2.04. The van der Waals surface area contributed by atoms with Crippen LogP contribution in [0.2, 0.25) is 0 Å². The van der Waals surface area contributed by atoms with E-state index in [0.717, 1.165) is 0 Å². The van der Waals surface area contributed by atoms with Gasteiger partial charge >= 0.3 is 0 Å². The standard InChI is InChI=1S/C3H8N2/c1-3-4-5(3)2/h3-4H,1-2H3/t3-,5?/m1/s1. The first-order valence-electron chi connectivity index (χ1n) is 1.80. The molecule has 0 bridgehead atoms. The Morgan fingerprint density at radius 1 is 1.80 bits per heavy atom. The van der Waals surface area contributed by atoms with Crippen LogP contribution in [0.5, 0.6) is 0 Å². The Labute approximate surface area is 31.7 Å². The van der Waals surface area contributed by atoms with Crippen LogP contribution in [0.1, 0.15) is 6.92 Å². The average molecular weight is 72.1 g/mol. The molecule has 1 aliphatic heterocycles. The lowest BCUT2D eigenvalue weighted by molar-refractivity contribution is 0.602. The van der Waals surface area contributed by atoms with Crippen LogP contribution < -0.4 is 5.43 Å². The number of nitrogens with one attached hydrogen (secondary N) is 1. The molecule has 0 aromatic carbocycles. The average Bonchev–Trinajstić information content (AvgIpc) is 1.79. The van der Waals surface area contributed by atoms with Crippen LogP contribution in [0.25, 0.3) is 0 Å². The SMILES string of the molecule is C[C@@H]1NN1C. The number of hydrogen-bond acceptors (Lipinski definition) is 2. The third-order valence-electron chi connectivity index (χ3n) is 0.904. The van der Waals surface area contributed by atoms with E-state index in [0.29, 0.717) is 6.17 Å². The molecule has 0 aromatic heterocycles. The van der Waals surface area contributed by atoms with E-state index in [1.807, 2.05) is 12.1 Å². The summed E-state index contributed by atoms with van der Waals surface area (Å²) in [5.41, 5.74) is 3.03. The van der Waals surface area contributed by atoms with E-state index in [-0.39, 0.29) is 0 Å². The van der Waals surface area contributed by atoms with Gasteiger partial charge in [-0.3, -0.25) is 0 Å². The molecule has 0 aromatic rings. The molecule has 30 valence electrons. The monoisotopic (exact) mass is 72.1 g/mol. The maximum Gasteiger partial charge on any atom is 0.0832 e. The summed E-state index contributed by atoms with van der Waals surface area (Å²) in [7, 11) is 2.02. The Morgan fingerprint density at radius 3 is 2.00 bits per heavy atom. The van der Waals surface area contributed by atoms with Crippen LogP contribution in [0.3, 0.4) is 0 Å². The van der Waals surface area contributed by atoms with Gasteiger partial charge in [-0.05, 0) is 6.92 Å². The molecule has 1 fully saturated rings. The van der Waals surface area contributed by atoms with Crippen molar-refractivity contribution in [3.63, 3.8) is 0 Å². The quantitative estimate of drug-likeness (QED) is 0.400. The Morgan fingerprint density at radius 2 is 2.00 bits per heavy atom. The van der Waals surface area contributed by atoms with Gasteiger partial charge in [0.2, 0.25) is 0 Å². The highest BCUT2D eigenvalue weighted by atomic mass is 15.7. The van der Waals surface area contributed by atoms with Gasteiger partial charge in [0.25, 0.3) is 0 Å². The molecule has 1 unspecified atom stereocenters. The third-order valence-corrected chi connectivity index (χ3v) is 0.904. The summed E-state index contributed by atoms with van der Waals surface area (Å²) in [6, 6.07) is 0. The van der Waals surface area contributed by atoms with Crippen molar-refractivity contribution in [2.24, 2.45) is 0 Å².